The maximum Gasteiger partial charge on any atom is 0.167 e. The van der Waals surface area contributed by atoms with Crippen LogP contribution in [0.25, 0.3) is 11.2 Å². The Labute approximate surface area is 154 Å². The number of anilines is 2. The first-order valence-electron chi connectivity index (χ1n) is 8.33. The highest BCUT2D eigenvalue weighted by molar-refractivity contribution is 5.85. The summed E-state index contributed by atoms with van der Waals surface area (Å²) in [5.41, 5.74) is 1.69. The summed E-state index contributed by atoms with van der Waals surface area (Å²) in [6, 6.07) is 7.32. The molecule has 0 saturated carbocycles. The van der Waals surface area contributed by atoms with E-state index in [2.05, 4.69) is 20.3 Å². The molecule has 0 spiro atoms. The quantitative estimate of drug-likeness (QED) is 0.494. The molecule has 10 heteroatoms. The van der Waals surface area contributed by atoms with Gasteiger partial charge in [-0.1, -0.05) is 0 Å². The van der Waals surface area contributed by atoms with Gasteiger partial charge in [-0.25, -0.2) is 15.0 Å². The van der Waals surface area contributed by atoms with Crippen molar-refractivity contribution in [3.05, 3.63) is 36.9 Å². The Kier molecular flexibility index (Phi) is 4.62. The molecule has 1 fully saturated rings. The SMILES string of the molecule is COc1ccc(Nc2ncnc3c2ncn3[C@@H]2O[C@H](CO)C(O)C2O)cc1. The summed E-state index contributed by atoms with van der Waals surface area (Å²) in [6.45, 7) is -0.402. The van der Waals surface area contributed by atoms with Gasteiger partial charge in [-0.15, -0.1) is 0 Å². The van der Waals surface area contributed by atoms with Gasteiger partial charge in [0.15, 0.2) is 23.2 Å². The molecule has 0 bridgehead atoms. The smallest absolute Gasteiger partial charge is 0.167 e. The molecule has 4 rings (SSSR count). The standard InChI is InChI=1S/C17H19N5O5/c1-26-10-4-2-9(3-5-10)21-15-12-16(19-7-18-15)22(8-20-12)17-14(25)13(24)11(6-23)27-17/h2-5,7-8,11,13-14,17,23-25H,6H2,1H3,(H,18,19,21)/t11-,13?,14?,17-/m1/s1. The number of hydrogen-bond acceptors (Lipinski definition) is 9. The molecule has 1 aliphatic heterocycles. The number of nitrogens with zero attached hydrogens (tertiary/aromatic N) is 4. The van der Waals surface area contributed by atoms with Crippen LogP contribution in [0, 0.1) is 0 Å². The van der Waals surface area contributed by atoms with Crippen molar-refractivity contribution in [3.8, 4) is 5.75 Å². The van der Waals surface area contributed by atoms with Crippen LogP contribution < -0.4 is 10.1 Å². The lowest BCUT2D eigenvalue weighted by molar-refractivity contribution is -0.0511. The summed E-state index contributed by atoms with van der Waals surface area (Å²) in [5.74, 6) is 1.22. The fourth-order valence-corrected chi connectivity index (χ4v) is 3.05. The highest BCUT2D eigenvalue weighted by Gasteiger charge is 2.44. The highest BCUT2D eigenvalue weighted by Crippen LogP contribution is 2.32. The fraction of sp³-hybridized carbons (Fsp3) is 0.353. The van der Waals surface area contributed by atoms with Crippen LogP contribution in [-0.2, 0) is 4.74 Å². The summed E-state index contributed by atoms with van der Waals surface area (Å²) in [6.07, 6.45) is -1.37. The molecule has 0 aliphatic carbocycles. The molecule has 142 valence electrons. The molecule has 3 aromatic rings. The molecule has 2 unspecified atom stereocenters. The number of imidazole rings is 1. The van der Waals surface area contributed by atoms with Crippen LogP contribution in [0.2, 0.25) is 0 Å². The van der Waals surface area contributed by atoms with Crippen molar-refractivity contribution in [1.29, 1.82) is 0 Å². The Balaban J connectivity index is 1.65. The van der Waals surface area contributed by atoms with E-state index in [1.54, 1.807) is 7.11 Å². The number of methoxy groups -OCH3 is 1. The van der Waals surface area contributed by atoms with Crippen LogP contribution in [0.5, 0.6) is 5.75 Å². The zero-order valence-electron chi connectivity index (χ0n) is 14.4. The van der Waals surface area contributed by atoms with E-state index in [1.165, 1.54) is 17.2 Å². The summed E-state index contributed by atoms with van der Waals surface area (Å²) in [5, 5.41) is 32.6. The second kappa shape index (κ2) is 7.08. The van der Waals surface area contributed by atoms with Crippen LogP contribution in [0.15, 0.2) is 36.9 Å². The van der Waals surface area contributed by atoms with Crippen LogP contribution >= 0.6 is 0 Å². The molecular weight excluding hydrogens is 354 g/mol. The van der Waals surface area contributed by atoms with Gasteiger partial charge in [-0.3, -0.25) is 4.57 Å². The van der Waals surface area contributed by atoms with Gasteiger partial charge in [0.05, 0.1) is 20.0 Å². The van der Waals surface area contributed by atoms with E-state index in [9.17, 15) is 15.3 Å². The Morgan fingerprint density at radius 3 is 2.59 bits per heavy atom. The van der Waals surface area contributed by atoms with Crippen LogP contribution in [0.4, 0.5) is 11.5 Å². The molecule has 0 amide bonds. The average Bonchev–Trinajstić information content (AvgIpc) is 3.25. The molecule has 4 N–H and O–H groups in total. The summed E-state index contributed by atoms with van der Waals surface area (Å²) in [7, 11) is 1.60. The van der Waals surface area contributed by atoms with Crippen molar-refractivity contribution in [2.75, 3.05) is 19.0 Å². The number of aliphatic hydroxyl groups excluding tert-OH is 3. The van der Waals surface area contributed by atoms with E-state index < -0.39 is 31.1 Å². The van der Waals surface area contributed by atoms with Gasteiger partial charge < -0.3 is 30.1 Å². The first kappa shape index (κ1) is 17.6. The number of benzene rings is 1. The third-order valence-corrected chi connectivity index (χ3v) is 4.50. The summed E-state index contributed by atoms with van der Waals surface area (Å²) < 4.78 is 12.2. The molecule has 1 saturated heterocycles. The number of ether oxygens (including phenoxy) is 2. The predicted molar refractivity (Wildman–Crippen MR) is 94.6 cm³/mol. The number of fused-ring (bicyclic) bond motifs is 1. The van der Waals surface area contributed by atoms with Gasteiger partial charge in [0.25, 0.3) is 0 Å². The zero-order valence-corrected chi connectivity index (χ0v) is 14.4. The van der Waals surface area contributed by atoms with Gasteiger partial charge in [0.1, 0.15) is 30.4 Å². The molecule has 4 atom stereocenters. The Morgan fingerprint density at radius 2 is 1.93 bits per heavy atom. The minimum atomic E-state index is -1.22. The van der Waals surface area contributed by atoms with E-state index in [0.717, 1.165) is 11.4 Å². The lowest BCUT2D eigenvalue weighted by Gasteiger charge is -2.16. The minimum absolute atomic E-state index is 0.402. The summed E-state index contributed by atoms with van der Waals surface area (Å²) >= 11 is 0. The van der Waals surface area contributed by atoms with Crippen molar-refractivity contribution in [3.63, 3.8) is 0 Å². The maximum absolute atomic E-state index is 10.2. The average molecular weight is 373 g/mol. The van der Waals surface area contributed by atoms with Crippen molar-refractivity contribution in [2.45, 2.75) is 24.5 Å². The number of hydrogen-bond donors (Lipinski definition) is 4. The van der Waals surface area contributed by atoms with Crippen molar-refractivity contribution in [2.24, 2.45) is 0 Å². The van der Waals surface area contributed by atoms with Gasteiger partial charge in [-0.05, 0) is 24.3 Å². The zero-order chi connectivity index (χ0) is 19.0. The topological polar surface area (TPSA) is 135 Å². The first-order chi connectivity index (χ1) is 13.1. The third kappa shape index (κ3) is 3.08. The molecule has 1 aromatic carbocycles. The van der Waals surface area contributed by atoms with E-state index >= 15 is 0 Å². The maximum atomic E-state index is 10.2. The van der Waals surface area contributed by atoms with Crippen molar-refractivity contribution in [1.82, 2.24) is 19.5 Å². The lowest BCUT2D eigenvalue weighted by Crippen LogP contribution is -2.33. The van der Waals surface area contributed by atoms with Crippen LogP contribution in [0.1, 0.15) is 6.23 Å². The van der Waals surface area contributed by atoms with Crippen molar-refractivity contribution < 1.29 is 24.8 Å². The molecular formula is C17H19N5O5. The Bertz CT molecular complexity index is 931. The van der Waals surface area contributed by atoms with Gasteiger partial charge in [-0.2, -0.15) is 0 Å². The Hall–Kier alpha value is -2.79. The molecule has 1 aliphatic rings. The monoisotopic (exact) mass is 373 g/mol. The fourth-order valence-electron chi connectivity index (χ4n) is 3.05. The Morgan fingerprint density at radius 1 is 1.15 bits per heavy atom. The van der Waals surface area contributed by atoms with E-state index in [1.807, 2.05) is 24.3 Å². The number of rotatable bonds is 5. The second-order valence-electron chi connectivity index (χ2n) is 6.13. The summed E-state index contributed by atoms with van der Waals surface area (Å²) in [4.78, 5) is 12.8. The van der Waals surface area contributed by atoms with Gasteiger partial charge in [0, 0.05) is 5.69 Å². The first-order valence-corrected chi connectivity index (χ1v) is 8.33. The molecule has 0 radical (unpaired) electrons. The predicted octanol–water partition coefficient (Wildman–Crippen LogP) is 0.190. The molecule has 2 aromatic heterocycles. The third-order valence-electron chi connectivity index (χ3n) is 4.50. The lowest BCUT2D eigenvalue weighted by atomic mass is 10.1. The van der Waals surface area contributed by atoms with Gasteiger partial charge >= 0.3 is 0 Å². The number of aromatic nitrogens is 4. The van der Waals surface area contributed by atoms with E-state index in [0.29, 0.717) is 17.0 Å². The number of aliphatic hydroxyl groups is 3. The van der Waals surface area contributed by atoms with E-state index in [4.69, 9.17) is 9.47 Å². The minimum Gasteiger partial charge on any atom is -0.497 e. The van der Waals surface area contributed by atoms with Crippen LogP contribution in [-0.4, -0.2) is 66.9 Å². The second-order valence-corrected chi connectivity index (χ2v) is 6.13. The largest absolute Gasteiger partial charge is 0.497 e. The van der Waals surface area contributed by atoms with Crippen molar-refractivity contribution >= 4 is 22.7 Å². The van der Waals surface area contributed by atoms with Gasteiger partial charge in [0.2, 0.25) is 0 Å². The normalized spacial score (nSPS) is 25.0. The van der Waals surface area contributed by atoms with E-state index in [-0.39, 0.29) is 0 Å². The van der Waals surface area contributed by atoms with Crippen LogP contribution in [0.3, 0.4) is 0 Å². The highest BCUT2D eigenvalue weighted by atomic mass is 16.6. The number of nitrogens with one attached hydrogen (secondary N) is 1. The molecule has 27 heavy (non-hydrogen) atoms. The molecule has 10 nitrogen and oxygen atoms in total. The molecule has 3 heterocycles.